The lowest BCUT2D eigenvalue weighted by Crippen LogP contribution is -2.28. The smallest absolute Gasteiger partial charge is 0.309 e. The van der Waals surface area contributed by atoms with E-state index in [0.717, 1.165) is 19.9 Å². The number of halogens is 1. The summed E-state index contributed by atoms with van der Waals surface area (Å²) in [6.45, 7) is 4.87. The van der Waals surface area contributed by atoms with Crippen LogP contribution in [0.1, 0.15) is 25.1 Å². The van der Waals surface area contributed by atoms with Crippen molar-refractivity contribution in [3.63, 3.8) is 0 Å². The van der Waals surface area contributed by atoms with E-state index in [1.165, 1.54) is 0 Å². The number of aromatic nitrogens is 1. The van der Waals surface area contributed by atoms with Crippen LogP contribution in [0.5, 0.6) is 0 Å². The molecule has 2 rings (SSSR count). The zero-order chi connectivity index (χ0) is 16.2. The summed E-state index contributed by atoms with van der Waals surface area (Å²) in [4.78, 5) is 16.6. The van der Waals surface area contributed by atoms with Gasteiger partial charge in [-0.05, 0) is 38.9 Å². The highest BCUT2D eigenvalue weighted by Gasteiger charge is 2.26. The van der Waals surface area contributed by atoms with Gasteiger partial charge in [-0.1, -0.05) is 28.1 Å². The summed E-state index contributed by atoms with van der Waals surface area (Å²) in [5, 5.41) is 13.3. The molecule has 0 aliphatic heterocycles. The van der Waals surface area contributed by atoms with Gasteiger partial charge in [-0.2, -0.15) is 0 Å². The Balaban J connectivity index is 1.85. The van der Waals surface area contributed by atoms with Gasteiger partial charge < -0.3 is 10.4 Å². The molecule has 0 saturated heterocycles. The van der Waals surface area contributed by atoms with Crippen molar-refractivity contribution in [1.29, 1.82) is 0 Å². The highest BCUT2D eigenvalue weighted by molar-refractivity contribution is 9.10. The Morgan fingerprint density at radius 1 is 1.36 bits per heavy atom. The Hall–Kier alpha value is -1.24. The highest BCUT2D eigenvalue weighted by Crippen LogP contribution is 2.26. The fraction of sp³-hybridized carbons (Fsp3) is 0.375. The zero-order valence-electron chi connectivity index (χ0n) is 12.6. The first-order valence-electron chi connectivity index (χ1n) is 7.03. The van der Waals surface area contributed by atoms with Crippen molar-refractivity contribution >= 4 is 33.2 Å². The third-order valence-electron chi connectivity index (χ3n) is 3.45. The van der Waals surface area contributed by atoms with Crippen LogP contribution in [0.3, 0.4) is 0 Å². The summed E-state index contributed by atoms with van der Waals surface area (Å²) in [6.07, 6.45) is 2.47. The van der Waals surface area contributed by atoms with Crippen LogP contribution in [0.2, 0.25) is 0 Å². The fourth-order valence-electron chi connectivity index (χ4n) is 1.83. The maximum Gasteiger partial charge on any atom is 0.309 e. The van der Waals surface area contributed by atoms with Crippen molar-refractivity contribution in [3.8, 4) is 10.6 Å². The number of benzene rings is 1. The van der Waals surface area contributed by atoms with E-state index in [9.17, 15) is 4.79 Å². The van der Waals surface area contributed by atoms with Gasteiger partial charge in [-0.3, -0.25) is 4.79 Å². The predicted molar refractivity (Wildman–Crippen MR) is 93.0 cm³/mol. The summed E-state index contributed by atoms with van der Waals surface area (Å²) in [7, 11) is 0. The van der Waals surface area contributed by atoms with Crippen molar-refractivity contribution in [2.75, 3.05) is 6.54 Å². The van der Waals surface area contributed by atoms with Gasteiger partial charge in [0.15, 0.2) is 0 Å². The van der Waals surface area contributed by atoms with Crippen LogP contribution in [0.4, 0.5) is 0 Å². The normalized spacial score (nSPS) is 11.6. The minimum Gasteiger partial charge on any atom is -0.481 e. The number of carboxylic acids is 1. The Kier molecular flexibility index (Phi) is 5.72. The third kappa shape index (κ3) is 4.63. The lowest BCUT2D eigenvalue weighted by atomic mass is 9.90. The van der Waals surface area contributed by atoms with E-state index >= 15 is 0 Å². The Morgan fingerprint density at radius 2 is 2.05 bits per heavy atom. The van der Waals surface area contributed by atoms with Crippen molar-refractivity contribution in [1.82, 2.24) is 10.3 Å². The van der Waals surface area contributed by atoms with Crippen molar-refractivity contribution < 1.29 is 9.90 Å². The molecule has 0 bridgehead atoms. The minimum atomic E-state index is -0.760. The van der Waals surface area contributed by atoms with Crippen LogP contribution in [-0.2, 0) is 11.3 Å². The summed E-state index contributed by atoms with van der Waals surface area (Å²) in [5.74, 6) is -0.760. The first-order valence-corrected chi connectivity index (χ1v) is 8.64. The second-order valence-corrected chi connectivity index (χ2v) is 7.79. The lowest BCUT2D eigenvalue weighted by molar-refractivity contribution is -0.147. The average Bonchev–Trinajstić information content (AvgIpc) is 2.93. The largest absolute Gasteiger partial charge is 0.481 e. The number of rotatable bonds is 7. The molecule has 1 aromatic carbocycles. The Bertz CT molecular complexity index is 638. The van der Waals surface area contributed by atoms with Crippen LogP contribution in [0, 0.1) is 5.41 Å². The highest BCUT2D eigenvalue weighted by atomic mass is 79.9. The summed E-state index contributed by atoms with van der Waals surface area (Å²) in [6, 6.07) is 8.08. The van der Waals surface area contributed by atoms with E-state index < -0.39 is 11.4 Å². The van der Waals surface area contributed by atoms with Gasteiger partial charge in [0, 0.05) is 27.7 Å². The quantitative estimate of drug-likeness (QED) is 0.705. The van der Waals surface area contributed by atoms with E-state index in [4.69, 9.17) is 5.11 Å². The summed E-state index contributed by atoms with van der Waals surface area (Å²) < 4.78 is 1.05. The molecular weight excluding hydrogens is 364 g/mol. The van der Waals surface area contributed by atoms with Crippen molar-refractivity contribution in [2.24, 2.45) is 5.41 Å². The maximum atomic E-state index is 11.0. The molecule has 118 valence electrons. The lowest BCUT2D eigenvalue weighted by Gasteiger charge is -2.18. The SMILES string of the molecule is CC(C)(CCNCc1cnc(-c2ccc(Br)cc2)s1)C(=O)O. The van der Waals surface area contributed by atoms with E-state index in [2.05, 4.69) is 26.2 Å². The number of carboxylic acid groups (broad SMARTS) is 1. The molecule has 1 heterocycles. The number of aliphatic carboxylic acids is 1. The zero-order valence-corrected chi connectivity index (χ0v) is 15.0. The van der Waals surface area contributed by atoms with Crippen LogP contribution < -0.4 is 5.32 Å². The van der Waals surface area contributed by atoms with Crippen molar-refractivity contribution in [2.45, 2.75) is 26.8 Å². The van der Waals surface area contributed by atoms with Crippen LogP contribution in [0.15, 0.2) is 34.9 Å². The van der Waals surface area contributed by atoms with Gasteiger partial charge in [-0.15, -0.1) is 11.3 Å². The number of nitrogens with one attached hydrogen (secondary N) is 1. The van der Waals surface area contributed by atoms with Gasteiger partial charge in [0.2, 0.25) is 0 Å². The molecule has 0 aliphatic carbocycles. The van der Waals surface area contributed by atoms with E-state index in [-0.39, 0.29) is 0 Å². The third-order valence-corrected chi connectivity index (χ3v) is 5.02. The monoisotopic (exact) mass is 382 g/mol. The molecule has 2 N–H and O–H groups in total. The molecular formula is C16H19BrN2O2S. The van der Waals surface area contributed by atoms with Crippen molar-refractivity contribution in [3.05, 3.63) is 39.8 Å². The van der Waals surface area contributed by atoms with Gasteiger partial charge in [0.1, 0.15) is 5.01 Å². The molecule has 1 aromatic heterocycles. The second kappa shape index (κ2) is 7.35. The molecule has 0 amide bonds. The average molecular weight is 383 g/mol. The van der Waals surface area contributed by atoms with Crippen LogP contribution >= 0.6 is 27.3 Å². The number of hydrogen-bond acceptors (Lipinski definition) is 4. The number of hydrogen-bond donors (Lipinski definition) is 2. The summed E-state index contributed by atoms with van der Waals surface area (Å²) in [5.41, 5.74) is 0.412. The topological polar surface area (TPSA) is 62.2 Å². The minimum absolute atomic E-state index is 0.598. The molecule has 0 aliphatic rings. The van der Waals surface area contributed by atoms with Gasteiger partial charge in [0.05, 0.1) is 5.41 Å². The standard InChI is InChI=1S/C16H19BrN2O2S/c1-16(2,15(20)21)7-8-18-9-13-10-19-14(22-13)11-3-5-12(17)6-4-11/h3-6,10,18H,7-9H2,1-2H3,(H,20,21). The first kappa shape index (κ1) is 17.1. The number of thiazole rings is 1. The number of nitrogens with zero attached hydrogens (tertiary/aromatic N) is 1. The van der Waals surface area contributed by atoms with Gasteiger partial charge in [-0.25, -0.2) is 4.98 Å². The fourth-order valence-corrected chi connectivity index (χ4v) is 2.99. The molecule has 4 nitrogen and oxygen atoms in total. The maximum absolute atomic E-state index is 11.0. The summed E-state index contributed by atoms with van der Waals surface area (Å²) >= 11 is 5.07. The Morgan fingerprint density at radius 3 is 2.68 bits per heavy atom. The molecule has 0 unspecified atom stereocenters. The van der Waals surface area contributed by atoms with Crippen LogP contribution in [0.25, 0.3) is 10.6 Å². The molecule has 0 spiro atoms. The molecule has 0 atom stereocenters. The first-order chi connectivity index (χ1) is 10.4. The van der Waals surface area contributed by atoms with E-state index in [1.54, 1.807) is 25.2 Å². The van der Waals surface area contributed by atoms with Gasteiger partial charge in [0.25, 0.3) is 0 Å². The van der Waals surface area contributed by atoms with Crippen LogP contribution in [-0.4, -0.2) is 22.6 Å². The molecule has 0 fully saturated rings. The molecule has 6 heteroatoms. The second-order valence-electron chi connectivity index (χ2n) is 5.75. The molecule has 2 aromatic rings. The van der Waals surface area contributed by atoms with E-state index in [1.807, 2.05) is 30.5 Å². The number of carbonyl (C=O) groups is 1. The predicted octanol–water partition coefficient (Wildman–Crippen LogP) is 4.16. The molecule has 0 saturated carbocycles. The van der Waals surface area contributed by atoms with Gasteiger partial charge >= 0.3 is 5.97 Å². The Labute approximate surface area is 142 Å². The molecule has 22 heavy (non-hydrogen) atoms. The van der Waals surface area contributed by atoms with E-state index in [0.29, 0.717) is 19.5 Å². The molecule has 0 radical (unpaired) electrons.